The Bertz CT molecular complexity index is 1370. The molecule has 2 aliphatic heterocycles. The second kappa shape index (κ2) is 11.3. The third kappa shape index (κ3) is 6.03. The molecule has 2 aromatic carbocycles. The number of anilines is 1. The Morgan fingerprint density at radius 2 is 1.71 bits per heavy atom. The second-order valence-electron chi connectivity index (χ2n) is 10.8. The summed E-state index contributed by atoms with van der Waals surface area (Å²) in [5.41, 5.74) is 2.78. The number of benzene rings is 2. The number of hydrogen-bond donors (Lipinski definition) is 1. The largest absolute Gasteiger partial charge is 0.351 e. The number of thiazole rings is 1. The Morgan fingerprint density at radius 3 is 2.39 bits per heavy atom. The van der Waals surface area contributed by atoms with E-state index in [9.17, 15) is 13.2 Å². The zero-order valence-corrected chi connectivity index (χ0v) is 24.0. The lowest BCUT2D eigenvalue weighted by Crippen LogP contribution is -2.48. The first-order valence-corrected chi connectivity index (χ1v) is 15.7. The van der Waals surface area contributed by atoms with Crippen LogP contribution in [0, 0.1) is 18.8 Å². The van der Waals surface area contributed by atoms with Gasteiger partial charge in [-0.05, 0) is 67.1 Å². The van der Waals surface area contributed by atoms with Crippen molar-refractivity contribution >= 4 is 42.6 Å². The average molecular weight is 556 g/mol. The van der Waals surface area contributed by atoms with Gasteiger partial charge in [-0.1, -0.05) is 31.3 Å². The van der Waals surface area contributed by atoms with Gasteiger partial charge in [-0.2, -0.15) is 4.31 Å². The van der Waals surface area contributed by atoms with Crippen molar-refractivity contribution in [2.75, 3.05) is 57.3 Å². The first-order valence-electron chi connectivity index (χ1n) is 13.4. The summed E-state index contributed by atoms with van der Waals surface area (Å²) in [6.07, 6.45) is 1.05. The number of carbonyl (C=O) groups excluding carboxylic acids is 1. The maximum absolute atomic E-state index is 13.1. The van der Waals surface area contributed by atoms with E-state index in [0.29, 0.717) is 37.0 Å². The number of carbonyl (C=O) groups is 1. The van der Waals surface area contributed by atoms with Crippen molar-refractivity contribution in [1.29, 1.82) is 0 Å². The number of aromatic nitrogens is 1. The minimum absolute atomic E-state index is 0.183. The van der Waals surface area contributed by atoms with Crippen LogP contribution in [0.15, 0.2) is 47.4 Å². The Labute approximate surface area is 229 Å². The smallest absolute Gasteiger partial charge is 0.251 e. The molecule has 0 radical (unpaired) electrons. The van der Waals surface area contributed by atoms with Gasteiger partial charge in [-0.3, -0.25) is 9.69 Å². The lowest BCUT2D eigenvalue weighted by atomic mass is 9.94. The van der Waals surface area contributed by atoms with E-state index in [-0.39, 0.29) is 10.8 Å². The summed E-state index contributed by atoms with van der Waals surface area (Å²) in [4.78, 5) is 22.4. The Balaban J connectivity index is 1.09. The first-order chi connectivity index (χ1) is 18.2. The molecular weight excluding hydrogens is 518 g/mol. The Hall–Kier alpha value is -2.53. The fourth-order valence-corrected chi connectivity index (χ4v) is 8.27. The number of rotatable bonds is 7. The minimum atomic E-state index is -3.55. The third-order valence-corrected chi connectivity index (χ3v) is 10.4. The molecule has 0 spiro atoms. The van der Waals surface area contributed by atoms with Crippen LogP contribution in [-0.2, 0) is 10.0 Å². The van der Waals surface area contributed by atoms with Crippen molar-refractivity contribution in [3.63, 3.8) is 0 Å². The molecule has 0 saturated carbocycles. The SMILES string of the molecule is Cc1ccc2nc(N3CCN(CCNC(=O)c4ccc(S(=O)(=O)N5CC(C)CC(C)C5)cc4)CC3)sc2c1. The van der Waals surface area contributed by atoms with Gasteiger partial charge in [0.2, 0.25) is 10.0 Å². The van der Waals surface area contributed by atoms with Gasteiger partial charge in [0.05, 0.1) is 15.1 Å². The van der Waals surface area contributed by atoms with Gasteiger partial charge >= 0.3 is 0 Å². The molecule has 1 aromatic heterocycles. The summed E-state index contributed by atoms with van der Waals surface area (Å²) in [6.45, 7) is 12.4. The molecule has 2 atom stereocenters. The Kier molecular flexibility index (Phi) is 8.04. The van der Waals surface area contributed by atoms with Crippen LogP contribution in [0.25, 0.3) is 10.2 Å². The van der Waals surface area contributed by atoms with Gasteiger partial charge < -0.3 is 10.2 Å². The van der Waals surface area contributed by atoms with Crippen molar-refractivity contribution in [1.82, 2.24) is 19.5 Å². The normalized spacial score (nSPS) is 21.6. The van der Waals surface area contributed by atoms with E-state index in [1.54, 1.807) is 39.9 Å². The van der Waals surface area contributed by atoms with E-state index in [0.717, 1.165) is 49.8 Å². The van der Waals surface area contributed by atoms with E-state index in [2.05, 4.69) is 54.1 Å². The van der Waals surface area contributed by atoms with Gasteiger partial charge in [0.15, 0.2) is 5.13 Å². The minimum Gasteiger partial charge on any atom is -0.351 e. The molecule has 1 amide bonds. The van der Waals surface area contributed by atoms with Gasteiger partial charge in [-0.25, -0.2) is 13.4 Å². The molecule has 2 fully saturated rings. The van der Waals surface area contributed by atoms with E-state index < -0.39 is 10.0 Å². The lowest BCUT2D eigenvalue weighted by Gasteiger charge is -2.34. The fraction of sp³-hybridized carbons (Fsp3) is 0.500. The highest BCUT2D eigenvalue weighted by atomic mass is 32.2. The number of sulfonamides is 1. The summed E-state index contributed by atoms with van der Waals surface area (Å²) in [5, 5.41) is 4.06. The van der Waals surface area contributed by atoms with Crippen LogP contribution < -0.4 is 10.2 Å². The molecule has 204 valence electrons. The highest BCUT2D eigenvalue weighted by molar-refractivity contribution is 7.89. The van der Waals surface area contributed by atoms with Crippen LogP contribution in [0.2, 0.25) is 0 Å². The quantitative estimate of drug-likeness (QED) is 0.477. The monoisotopic (exact) mass is 555 g/mol. The molecule has 3 heterocycles. The molecule has 38 heavy (non-hydrogen) atoms. The molecule has 2 saturated heterocycles. The topological polar surface area (TPSA) is 85.9 Å². The number of piperidine rings is 1. The van der Waals surface area contributed by atoms with Crippen molar-refractivity contribution in [3.8, 4) is 0 Å². The van der Waals surface area contributed by atoms with E-state index in [4.69, 9.17) is 4.98 Å². The predicted octanol–water partition coefficient (Wildman–Crippen LogP) is 3.82. The van der Waals surface area contributed by atoms with Gasteiger partial charge in [0.1, 0.15) is 0 Å². The summed E-state index contributed by atoms with van der Waals surface area (Å²) in [6, 6.07) is 12.7. The van der Waals surface area contributed by atoms with Crippen LogP contribution in [0.5, 0.6) is 0 Å². The second-order valence-corrected chi connectivity index (χ2v) is 13.8. The van der Waals surface area contributed by atoms with Crippen LogP contribution in [0.4, 0.5) is 5.13 Å². The summed E-state index contributed by atoms with van der Waals surface area (Å²) >= 11 is 1.75. The molecule has 2 aliphatic rings. The van der Waals surface area contributed by atoms with Gasteiger partial charge in [0, 0.05) is 57.9 Å². The molecule has 2 unspecified atom stereocenters. The number of aryl methyl sites for hydroxylation is 1. The molecule has 5 rings (SSSR count). The lowest BCUT2D eigenvalue weighted by molar-refractivity contribution is 0.0947. The first kappa shape index (κ1) is 27.1. The van der Waals surface area contributed by atoms with Gasteiger partial charge in [-0.15, -0.1) is 0 Å². The zero-order chi connectivity index (χ0) is 26.9. The molecule has 8 nitrogen and oxygen atoms in total. The van der Waals surface area contributed by atoms with Gasteiger partial charge in [0.25, 0.3) is 5.91 Å². The summed E-state index contributed by atoms with van der Waals surface area (Å²) < 4.78 is 29.0. The standard InChI is InChI=1S/C28H37N5O3S2/c1-20-4-9-25-26(17-20)37-28(30-25)32-14-12-31(13-15-32)11-10-29-27(34)23-5-7-24(8-6-23)38(35,36)33-18-21(2)16-22(3)19-33/h4-9,17,21-22H,10-16,18-19H2,1-3H3,(H,29,34). The van der Waals surface area contributed by atoms with Crippen molar-refractivity contribution in [3.05, 3.63) is 53.6 Å². The molecule has 0 aliphatic carbocycles. The van der Waals surface area contributed by atoms with Crippen LogP contribution in [0.3, 0.4) is 0 Å². The number of hydrogen-bond acceptors (Lipinski definition) is 7. The van der Waals surface area contributed by atoms with Crippen LogP contribution in [0.1, 0.15) is 36.2 Å². The van der Waals surface area contributed by atoms with E-state index >= 15 is 0 Å². The highest BCUT2D eigenvalue weighted by Gasteiger charge is 2.31. The molecule has 1 N–H and O–H groups in total. The molecule has 0 bridgehead atoms. The number of amides is 1. The number of nitrogens with zero attached hydrogens (tertiary/aromatic N) is 4. The predicted molar refractivity (Wildman–Crippen MR) is 153 cm³/mol. The summed E-state index contributed by atoms with van der Waals surface area (Å²) in [7, 11) is -3.55. The zero-order valence-electron chi connectivity index (χ0n) is 22.4. The maximum Gasteiger partial charge on any atom is 0.251 e. The fourth-order valence-electron chi connectivity index (χ4n) is 5.48. The number of fused-ring (bicyclic) bond motifs is 1. The third-order valence-electron chi connectivity index (χ3n) is 7.48. The van der Waals surface area contributed by atoms with Crippen molar-refractivity contribution < 1.29 is 13.2 Å². The number of nitrogens with one attached hydrogen (secondary N) is 1. The maximum atomic E-state index is 13.1. The highest BCUT2D eigenvalue weighted by Crippen LogP contribution is 2.30. The van der Waals surface area contributed by atoms with E-state index in [1.807, 2.05) is 0 Å². The van der Waals surface area contributed by atoms with Crippen LogP contribution in [-0.4, -0.2) is 80.9 Å². The molecule has 10 heteroatoms. The van der Waals surface area contributed by atoms with Crippen molar-refractivity contribution in [2.24, 2.45) is 11.8 Å². The van der Waals surface area contributed by atoms with Crippen molar-refractivity contribution in [2.45, 2.75) is 32.1 Å². The summed E-state index contributed by atoms with van der Waals surface area (Å²) in [5.74, 6) is 0.509. The average Bonchev–Trinajstić information content (AvgIpc) is 3.32. The Morgan fingerprint density at radius 1 is 1.03 bits per heavy atom. The molecule has 3 aromatic rings. The van der Waals surface area contributed by atoms with E-state index in [1.165, 1.54) is 10.3 Å². The molecular formula is C28H37N5O3S2. The number of piperazine rings is 1. The van der Waals surface area contributed by atoms with Crippen LogP contribution >= 0.6 is 11.3 Å².